The maximum absolute atomic E-state index is 14.9. The second kappa shape index (κ2) is 9.60. The van der Waals surface area contributed by atoms with Gasteiger partial charge in [-0.3, -0.25) is 4.79 Å². The van der Waals surface area contributed by atoms with E-state index in [0.717, 1.165) is 29.5 Å². The molecule has 0 radical (unpaired) electrons. The molecule has 1 unspecified atom stereocenters. The van der Waals surface area contributed by atoms with Gasteiger partial charge in [-0.25, -0.2) is 9.37 Å². The second-order valence-electron chi connectivity index (χ2n) is 7.88. The van der Waals surface area contributed by atoms with Crippen LogP contribution in [0.2, 0.25) is 0 Å². The van der Waals surface area contributed by atoms with Crippen LogP contribution in [0.15, 0.2) is 78.9 Å². The number of hydrogen-bond acceptors (Lipinski definition) is 2. The SMILES string of the molecule is CCCC(NC(=O)c1[nH]c(-c2ccccc2)nc1-c1ccc(C)cc1F)c1ccccc1. The van der Waals surface area contributed by atoms with E-state index in [0.29, 0.717) is 17.1 Å². The van der Waals surface area contributed by atoms with Crippen molar-refractivity contribution in [1.82, 2.24) is 15.3 Å². The molecule has 1 amide bonds. The Morgan fingerprint density at radius 2 is 1.72 bits per heavy atom. The molecule has 3 aromatic carbocycles. The molecule has 0 bridgehead atoms. The highest BCUT2D eigenvalue weighted by molar-refractivity contribution is 5.99. The van der Waals surface area contributed by atoms with Gasteiger partial charge in [-0.1, -0.05) is 80.1 Å². The van der Waals surface area contributed by atoms with E-state index >= 15 is 0 Å². The summed E-state index contributed by atoms with van der Waals surface area (Å²) in [6.07, 6.45) is 1.71. The molecular formula is C27H26FN3O. The van der Waals surface area contributed by atoms with Gasteiger partial charge in [0.25, 0.3) is 5.91 Å². The van der Waals surface area contributed by atoms with Crippen molar-refractivity contribution < 1.29 is 9.18 Å². The lowest BCUT2D eigenvalue weighted by Gasteiger charge is -2.18. The monoisotopic (exact) mass is 427 g/mol. The van der Waals surface area contributed by atoms with Crippen LogP contribution in [0.1, 0.15) is 47.4 Å². The Morgan fingerprint density at radius 1 is 1.03 bits per heavy atom. The Kier molecular flexibility index (Phi) is 6.45. The molecule has 0 saturated carbocycles. The van der Waals surface area contributed by atoms with Gasteiger partial charge in [0.05, 0.1) is 6.04 Å². The average Bonchev–Trinajstić information content (AvgIpc) is 3.25. The standard InChI is InChI=1S/C27H26FN3O/c1-3-10-23(19-11-6-4-7-12-19)29-27(32)25-24(21-16-15-18(2)17-22(21)28)30-26(31-25)20-13-8-5-9-14-20/h4-9,11-17,23H,3,10H2,1-2H3,(H,29,32)(H,30,31). The number of aryl methyl sites for hydroxylation is 1. The number of aromatic nitrogens is 2. The normalized spacial score (nSPS) is 11.8. The first-order chi connectivity index (χ1) is 15.6. The number of carbonyl (C=O) groups excluding carboxylic acids is 1. The number of amides is 1. The predicted octanol–water partition coefficient (Wildman–Crippen LogP) is 6.46. The highest BCUT2D eigenvalue weighted by Crippen LogP contribution is 2.29. The number of imidazole rings is 1. The first-order valence-corrected chi connectivity index (χ1v) is 10.8. The van der Waals surface area contributed by atoms with Crippen molar-refractivity contribution in [3.8, 4) is 22.6 Å². The van der Waals surface area contributed by atoms with E-state index in [2.05, 4.69) is 22.2 Å². The summed E-state index contributed by atoms with van der Waals surface area (Å²) in [5.74, 6) is -0.187. The van der Waals surface area contributed by atoms with Crippen LogP contribution >= 0.6 is 0 Å². The fourth-order valence-electron chi connectivity index (χ4n) is 3.80. The van der Waals surface area contributed by atoms with Crippen LogP contribution in [0.3, 0.4) is 0 Å². The molecule has 1 atom stereocenters. The van der Waals surface area contributed by atoms with Crippen molar-refractivity contribution in [2.24, 2.45) is 0 Å². The summed E-state index contributed by atoms with van der Waals surface area (Å²) in [5.41, 5.74) is 3.53. The van der Waals surface area contributed by atoms with Gasteiger partial charge >= 0.3 is 0 Å². The molecule has 0 saturated heterocycles. The third kappa shape index (κ3) is 4.62. The minimum absolute atomic E-state index is 0.145. The Labute approximate surface area is 187 Å². The molecule has 4 aromatic rings. The summed E-state index contributed by atoms with van der Waals surface area (Å²) in [4.78, 5) is 21.2. The molecule has 0 aliphatic heterocycles. The first-order valence-electron chi connectivity index (χ1n) is 10.8. The van der Waals surface area contributed by atoms with Gasteiger partial charge in [-0.05, 0) is 36.6 Å². The van der Waals surface area contributed by atoms with Gasteiger partial charge in [0.15, 0.2) is 0 Å². The van der Waals surface area contributed by atoms with Gasteiger partial charge in [0, 0.05) is 11.1 Å². The van der Waals surface area contributed by atoms with E-state index in [1.807, 2.05) is 73.7 Å². The molecular weight excluding hydrogens is 401 g/mol. The average molecular weight is 428 g/mol. The van der Waals surface area contributed by atoms with E-state index < -0.39 is 5.82 Å². The largest absolute Gasteiger partial charge is 0.344 e. The van der Waals surface area contributed by atoms with Gasteiger partial charge in [-0.15, -0.1) is 0 Å². The summed E-state index contributed by atoms with van der Waals surface area (Å²) in [6.45, 7) is 3.91. The van der Waals surface area contributed by atoms with Crippen LogP contribution in [-0.2, 0) is 0 Å². The van der Waals surface area contributed by atoms with Crippen LogP contribution in [0, 0.1) is 12.7 Å². The summed E-state index contributed by atoms with van der Waals surface area (Å²) < 4.78 is 14.9. The van der Waals surface area contributed by atoms with Crippen molar-refractivity contribution >= 4 is 5.91 Å². The molecule has 1 heterocycles. The number of halogens is 1. The van der Waals surface area contributed by atoms with Crippen LogP contribution in [0.5, 0.6) is 0 Å². The third-order valence-corrected chi connectivity index (χ3v) is 5.44. The number of nitrogens with one attached hydrogen (secondary N) is 2. The molecule has 4 rings (SSSR count). The Bertz CT molecular complexity index is 1200. The maximum atomic E-state index is 14.9. The van der Waals surface area contributed by atoms with Gasteiger partial charge in [0.2, 0.25) is 0 Å². The molecule has 2 N–H and O–H groups in total. The minimum atomic E-state index is -0.404. The highest BCUT2D eigenvalue weighted by Gasteiger charge is 2.24. The summed E-state index contributed by atoms with van der Waals surface area (Å²) >= 11 is 0. The molecule has 1 aromatic heterocycles. The summed E-state index contributed by atoms with van der Waals surface area (Å²) in [7, 11) is 0. The molecule has 0 spiro atoms. The van der Waals surface area contributed by atoms with Gasteiger partial charge in [0.1, 0.15) is 23.0 Å². The summed E-state index contributed by atoms with van der Waals surface area (Å²) in [6, 6.07) is 24.2. The minimum Gasteiger partial charge on any atom is -0.344 e. The molecule has 0 aliphatic carbocycles. The van der Waals surface area contributed by atoms with E-state index in [1.54, 1.807) is 6.07 Å². The predicted molar refractivity (Wildman–Crippen MR) is 126 cm³/mol. The van der Waals surface area contributed by atoms with Gasteiger partial charge in [-0.2, -0.15) is 0 Å². The van der Waals surface area contributed by atoms with Crippen molar-refractivity contribution in [2.45, 2.75) is 32.7 Å². The lowest BCUT2D eigenvalue weighted by molar-refractivity contribution is 0.0930. The van der Waals surface area contributed by atoms with E-state index in [-0.39, 0.29) is 17.6 Å². The lowest BCUT2D eigenvalue weighted by Crippen LogP contribution is -2.29. The van der Waals surface area contributed by atoms with Crippen molar-refractivity contribution in [3.05, 3.63) is 102 Å². The van der Waals surface area contributed by atoms with Crippen molar-refractivity contribution in [3.63, 3.8) is 0 Å². The summed E-state index contributed by atoms with van der Waals surface area (Å²) in [5, 5.41) is 3.12. The smallest absolute Gasteiger partial charge is 0.270 e. The number of rotatable bonds is 7. The Balaban J connectivity index is 1.76. The highest BCUT2D eigenvalue weighted by atomic mass is 19.1. The quantitative estimate of drug-likeness (QED) is 0.355. The number of carbonyl (C=O) groups is 1. The second-order valence-corrected chi connectivity index (χ2v) is 7.88. The molecule has 5 heteroatoms. The first kappa shape index (κ1) is 21.5. The Morgan fingerprint density at radius 3 is 2.38 bits per heavy atom. The number of aromatic amines is 1. The molecule has 32 heavy (non-hydrogen) atoms. The lowest BCUT2D eigenvalue weighted by atomic mass is 10.0. The fourth-order valence-corrected chi connectivity index (χ4v) is 3.80. The maximum Gasteiger partial charge on any atom is 0.270 e. The van der Waals surface area contributed by atoms with Crippen LogP contribution in [0.25, 0.3) is 22.6 Å². The molecule has 0 aliphatic rings. The number of H-pyrrole nitrogens is 1. The van der Waals surface area contributed by atoms with E-state index in [4.69, 9.17) is 0 Å². The number of hydrogen-bond donors (Lipinski definition) is 2. The zero-order valence-electron chi connectivity index (χ0n) is 18.2. The molecule has 162 valence electrons. The van der Waals surface area contributed by atoms with Crippen LogP contribution in [-0.4, -0.2) is 15.9 Å². The number of nitrogens with zero attached hydrogens (tertiary/aromatic N) is 1. The topological polar surface area (TPSA) is 57.8 Å². The van der Waals surface area contributed by atoms with Crippen molar-refractivity contribution in [2.75, 3.05) is 0 Å². The van der Waals surface area contributed by atoms with Crippen LogP contribution < -0.4 is 5.32 Å². The van der Waals surface area contributed by atoms with Crippen molar-refractivity contribution in [1.29, 1.82) is 0 Å². The third-order valence-electron chi connectivity index (χ3n) is 5.44. The van der Waals surface area contributed by atoms with Gasteiger partial charge < -0.3 is 10.3 Å². The zero-order chi connectivity index (χ0) is 22.5. The number of benzene rings is 3. The molecule has 0 fully saturated rings. The van der Waals surface area contributed by atoms with E-state index in [1.165, 1.54) is 6.07 Å². The fraction of sp³-hybridized carbons (Fsp3) is 0.185. The van der Waals surface area contributed by atoms with Crippen LogP contribution in [0.4, 0.5) is 4.39 Å². The zero-order valence-corrected chi connectivity index (χ0v) is 18.2. The van der Waals surface area contributed by atoms with E-state index in [9.17, 15) is 9.18 Å². The Hall–Kier alpha value is -3.73. The molecule has 4 nitrogen and oxygen atoms in total.